The lowest BCUT2D eigenvalue weighted by molar-refractivity contribution is 1.17. The third kappa shape index (κ3) is 6.20. The number of rotatable bonds is 6. The summed E-state index contributed by atoms with van der Waals surface area (Å²) in [6.45, 7) is 4.30. The van der Waals surface area contributed by atoms with Gasteiger partial charge in [0.1, 0.15) is 0 Å². The molecule has 0 radical (unpaired) electrons. The Morgan fingerprint density at radius 3 is 0.821 bits per heavy atom. The molecule has 0 aliphatic carbocycles. The number of hydrogen-bond acceptors (Lipinski definition) is 0. The SMILES string of the molecule is Cc1ccc(-c2ccc3ccc4c(-c5ccc(-n6c7ccccc7c7cc8c(cc76)c6ccccc6n8-c6ccc(-c7ccc8ccc9c(-c%10ccc(C)cc%10)ccc%10ccc7c8c%109)cc6)cc5)ccc5ccc2c3c54)cc1. The van der Waals surface area contributed by atoms with Gasteiger partial charge in [-0.05, 0) is 172 Å². The van der Waals surface area contributed by atoms with Gasteiger partial charge in [-0.1, -0.05) is 217 Å². The minimum absolute atomic E-state index is 1.14. The molecular weight excluding hydrogens is 941 g/mol. The fraction of sp³-hybridized carbons (Fsp3) is 0.0263. The minimum atomic E-state index is 1.14. The summed E-state index contributed by atoms with van der Waals surface area (Å²) in [5, 5.41) is 20.5. The predicted molar refractivity (Wildman–Crippen MR) is 334 cm³/mol. The summed E-state index contributed by atoms with van der Waals surface area (Å²) in [6, 6.07) is 96.0. The number of fused-ring (bicyclic) bond motifs is 6. The van der Waals surface area contributed by atoms with Gasteiger partial charge in [-0.15, -0.1) is 0 Å². The van der Waals surface area contributed by atoms with Crippen LogP contribution in [0.3, 0.4) is 0 Å². The molecule has 17 aromatic rings. The molecule has 17 rings (SSSR count). The molecule has 78 heavy (non-hydrogen) atoms. The van der Waals surface area contributed by atoms with Crippen molar-refractivity contribution >= 4 is 108 Å². The lowest BCUT2D eigenvalue weighted by Gasteiger charge is -2.17. The third-order valence-electron chi connectivity index (χ3n) is 17.4. The lowest BCUT2D eigenvalue weighted by Crippen LogP contribution is -1.95. The lowest BCUT2D eigenvalue weighted by atomic mass is 9.87. The van der Waals surface area contributed by atoms with Crippen molar-refractivity contribution in [3.05, 3.63) is 266 Å². The van der Waals surface area contributed by atoms with Gasteiger partial charge in [0.25, 0.3) is 0 Å². The molecule has 0 saturated heterocycles. The molecule has 0 N–H and O–H groups in total. The van der Waals surface area contributed by atoms with Crippen molar-refractivity contribution in [2.45, 2.75) is 13.8 Å². The average molecular weight is 989 g/mol. The Balaban J connectivity index is 0.772. The highest BCUT2D eigenvalue weighted by atomic mass is 15.0. The molecule has 2 aromatic heterocycles. The van der Waals surface area contributed by atoms with Crippen LogP contribution in [0.15, 0.2) is 255 Å². The molecule has 0 saturated carbocycles. The predicted octanol–water partition coefficient (Wildman–Crippen LogP) is 21.0. The zero-order valence-electron chi connectivity index (χ0n) is 43.1. The first-order valence-electron chi connectivity index (χ1n) is 27.2. The van der Waals surface area contributed by atoms with Crippen LogP contribution in [0.2, 0.25) is 0 Å². The van der Waals surface area contributed by atoms with Gasteiger partial charge in [0, 0.05) is 32.9 Å². The smallest absolute Gasteiger partial charge is 0.0548 e. The zero-order valence-corrected chi connectivity index (χ0v) is 43.1. The summed E-state index contributed by atoms with van der Waals surface area (Å²) in [4.78, 5) is 0. The Kier molecular flexibility index (Phi) is 9.01. The minimum Gasteiger partial charge on any atom is -0.309 e. The van der Waals surface area contributed by atoms with E-state index in [1.165, 1.54) is 164 Å². The van der Waals surface area contributed by atoms with Gasteiger partial charge in [-0.25, -0.2) is 0 Å². The van der Waals surface area contributed by atoms with Crippen molar-refractivity contribution < 1.29 is 0 Å². The molecule has 0 unspecified atom stereocenters. The van der Waals surface area contributed by atoms with Crippen molar-refractivity contribution in [3.8, 4) is 55.9 Å². The Hall–Kier alpha value is -10.0. The van der Waals surface area contributed by atoms with E-state index in [2.05, 4.69) is 278 Å². The number of aromatic nitrogens is 2. The van der Waals surface area contributed by atoms with E-state index >= 15 is 0 Å². The number of aryl methyl sites for hydroxylation is 2. The second-order valence-corrected chi connectivity index (χ2v) is 21.7. The molecule has 2 heteroatoms. The van der Waals surface area contributed by atoms with E-state index in [1.807, 2.05) is 0 Å². The van der Waals surface area contributed by atoms with Gasteiger partial charge in [0.2, 0.25) is 0 Å². The molecule has 2 heterocycles. The summed E-state index contributed by atoms with van der Waals surface area (Å²) in [6.07, 6.45) is 0. The van der Waals surface area contributed by atoms with Crippen LogP contribution >= 0.6 is 0 Å². The maximum absolute atomic E-state index is 2.46. The maximum Gasteiger partial charge on any atom is 0.0548 e. The Morgan fingerprint density at radius 1 is 0.218 bits per heavy atom. The van der Waals surface area contributed by atoms with Crippen molar-refractivity contribution in [3.63, 3.8) is 0 Å². The summed E-state index contributed by atoms with van der Waals surface area (Å²) < 4.78 is 4.93. The van der Waals surface area contributed by atoms with Crippen molar-refractivity contribution in [1.29, 1.82) is 0 Å². The first kappa shape index (κ1) is 43.2. The van der Waals surface area contributed by atoms with Gasteiger partial charge in [-0.3, -0.25) is 0 Å². The number of hydrogen-bond donors (Lipinski definition) is 0. The molecule has 0 bridgehead atoms. The Labute approximate surface area is 450 Å². The Bertz CT molecular complexity index is 4950. The van der Waals surface area contributed by atoms with Crippen molar-refractivity contribution in [1.82, 2.24) is 9.13 Å². The van der Waals surface area contributed by atoms with E-state index in [9.17, 15) is 0 Å². The highest BCUT2D eigenvalue weighted by molar-refractivity contribution is 6.29. The molecular formula is C76H48N2. The molecule has 0 aliphatic heterocycles. The summed E-state index contributed by atoms with van der Waals surface area (Å²) in [5.41, 5.74) is 19.6. The van der Waals surface area contributed by atoms with Crippen LogP contribution in [0.25, 0.3) is 164 Å². The fourth-order valence-corrected chi connectivity index (χ4v) is 13.6. The van der Waals surface area contributed by atoms with E-state index in [0.717, 1.165) is 11.4 Å². The number of para-hydroxylation sites is 2. The fourth-order valence-electron chi connectivity index (χ4n) is 13.6. The quantitative estimate of drug-likeness (QED) is 0.147. The van der Waals surface area contributed by atoms with E-state index < -0.39 is 0 Å². The zero-order chi connectivity index (χ0) is 51.3. The average Bonchev–Trinajstić information content (AvgIpc) is 4.03. The van der Waals surface area contributed by atoms with Gasteiger partial charge in [0.15, 0.2) is 0 Å². The van der Waals surface area contributed by atoms with Crippen LogP contribution in [-0.4, -0.2) is 9.13 Å². The summed E-state index contributed by atoms with van der Waals surface area (Å²) in [5.74, 6) is 0. The first-order valence-corrected chi connectivity index (χ1v) is 27.2. The summed E-state index contributed by atoms with van der Waals surface area (Å²) >= 11 is 0. The van der Waals surface area contributed by atoms with Crippen LogP contribution in [-0.2, 0) is 0 Å². The maximum atomic E-state index is 2.46. The molecule has 0 amide bonds. The van der Waals surface area contributed by atoms with Crippen LogP contribution < -0.4 is 0 Å². The van der Waals surface area contributed by atoms with Gasteiger partial charge >= 0.3 is 0 Å². The highest BCUT2D eigenvalue weighted by Crippen LogP contribution is 2.46. The van der Waals surface area contributed by atoms with Gasteiger partial charge in [0.05, 0.1) is 22.1 Å². The number of nitrogens with zero attached hydrogens (tertiary/aromatic N) is 2. The monoisotopic (exact) mass is 988 g/mol. The molecule has 15 aromatic carbocycles. The molecule has 0 aliphatic rings. The van der Waals surface area contributed by atoms with E-state index in [0.29, 0.717) is 0 Å². The molecule has 2 nitrogen and oxygen atoms in total. The topological polar surface area (TPSA) is 9.86 Å². The molecule has 362 valence electrons. The second kappa shape index (κ2) is 16.2. The third-order valence-corrected chi connectivity index (χ3v) is 17.4. The van der Waals surface area contributed by atoms with Crippen molar-refractivity contribution in [2.24, 2.45) is 0 Å². The van der Waals surface area contributed by atoms with Gasteiger partial charge < -0.3 is 9.13 Å². The van der Waals surface area contributed by atoms with E-state index in [-0.39, 0.29) is 0 Å². The van der Waals surface area contributed by atoms with Crippen LogP contribution in [0, 0.1) is 13.8 Å². The first-order chi connectivity index (χ1) is 38.5. The van der Waals surface area contributed by atoms with Crippen LogP contribution in [0.1, 0.15) is 11.1 Å². The largest absolute Gasteiger partial charge is 0.309 e. The van der Waals surface area contributed by atoms with E-state index in [4.69, 9.17) is 0 Å². The molecule has 0 fully saturated rings. The second-order valence-electron chi connectivity index (χ2n) is 21.7. The number of benzene rings is 15. The normalized spacial score (nSPS) is 12.2. The highest BCUT2D eigenvalue weighted by Gasteiger charge is 2.21. The molecule has 0 spiro atoms. The van der Waals surface area contributed by atoms with Crippen LogP contribution in [0.5, 0.6) is 0 Å². The standard InChI is InChI=1S/C76H48N2/c1-45-11-15-47(16-12-45)57-35-23-51-29-41-65-59(37-25-53-27-39-63(57)73(51)75(53)65)49-19-31-55(32-20-49)77-69-9-5-3-7-61(69)67-44-72-68(43-71(67)77)62-8-4-6-10-70(62)78(72)56-33-21-50(22-34-56)60-38-26-54-28-40-64-58(48-17-13-46(2)14-18-48)36-24-52-30-42-66(60)76(54)74(52)64/h3-44H,1-2H3. The Morgan fingerprint density at radius 2 is 0.500 bits per heavy atom. The van der Waals surface area contributed by atoms with E-state index in [1.54, 1.807) is 0 Å². The summed E-state index contributed by atoms with van der Waals surface area (Å²) in [7, 11) is 0. The van der Waals surface area contributed by atoms with Gasteiger partial charge in [-0.2, -0.15) is 0 Å². The molecule has 0 atom stereocenters. The van der Waals surface area contributed by atoms with Crippen molar-refractivity contribution in [2.75, 3.05) is 0 Å². The van der Waals surface area contributed by atoms with Crippen LogP contribution in [0.4, 0.5) is 0 Å².